The van der Waals surface area contributed by atoms with E-state index in [-0.39, 0.29) is 5.57 Å². The first kappa shape index (κ1) is 17.9. The van der Waals surface area contributed by atoms with E-state index in [0.717, 1.165) is 25.2 Å². The van der Waals surface area contributed by atoms with Crippen molar-refractivity contribution in [2.75, 3.05) is 17.5 Å². The molecule has 1 aliphatic rings. The van der Waals surface area contributed by atoms with E-state index in [4.69, 9.17) is 0 Å². The van der Waals surface area contributed by atoms with Crippen LogP contribution < -0.4 is 10.0 Å². The number of nitrogens with one attached hydrogen (secondary N) is 2. The van der Waals surface area contributed by atoms with Crippen molar-refractivity contribution in [3.63, 3.8) is 0 Å². The van der Waals surface area contributed by atoms with Gasteiger partial charge in [-0.15, -0.1) is 0 Å². The van der Waals surface area contributed by atoms with E-state index >= 15 is 0 Å². The topological polar surface area (TPSA) is 99.1 Å². The van der Waals surface area contributed by atoms with Gasteiger partial charge in [0.15, 0.2) is 0 Å². The molecule has 0 spiro atoms. The second kappa shape index (κ2) is 6.97. The molecule has 1 aliphatic heterocycles. The Labute approximate surface area is 138 Å². The van der Waals surface area contributed by atoms with Gasteiger partial charge in [0, 0.05) is 18.3 Å². The second-order valence-corrected chi connectivity index (χ2v) is 7.11. The molecule has 1 fully saturated rings. The quantitative estimate of drug-likeness (QED) is 0.489. The van der Waals surface area contributed by atoms with Gasteiger partial charge in [-0.05, 0) is 25.3 Å². The van der Waals surface area contributed by atoms with Gasteiger partial charge >= 0.3 is 0 Å². The van der Waals surface area contributed by atoms with E-state index in [1.807, 2.05) is 4.72 Å². The van der Waals surface area contributed by atoms with Gasteiger partial charge in [-0.3, -0.25) is 9.52 Å². The Balaban J connectivity index is 2.49. The van der Waals surface area contributed by atoms with Crippen LogP contribution in [0.15, 0.2) is 23.4 Å². The van der Waals surface area contributed by atoms with Crippen LogP contribution in [0.4, 0.5) is 14.5 Å². The van der Waals surface area contributed by atoms with Crippen molar-refractivity contribution in [1.29, 1.82) is 5.26 Å². The third-order valence-corrected chi connectivity index (χ3v) is 4.02. The highest BCUT2D eigenvalue weighted by molar-refractivity contribution is 7.92. The molecule has 1 aromatic carbocycles. The highest BCUT2D eigenvalue weighted by Crippen LogP contribution is 2.24. The number of carbonyl (C=O) groups is 1. The molecule has 1 heterocycles. The summed E-state index contributed by atoms with van der Waals surface area (Å²) in [4.78, 5) is 12.5. The molecule has 2 N–H and O–H groups in total. The van der Waals surface area contributed by atoms with Crippen molar-refractivity contribution < 1.29 is 22.0 Å². The molecule has 0 unspecified atom stereocenters. The number of hydrogen-bond acceptors (Lipinski definition) is 5. The normalized spacial score (nSPS) is 16.8. The molecule has 0 aliphatic carbocycles. The molecular formula is C15H15F2N3O3S. The Bertz CT molecular complexity index is 849. The summed E-state index contributed by atoms with van der Waals surface area (Å²) >= 11 is 0. The van der Waals surface area contributed by atoms with Gasteiger partial charge in [-0.1, -0.05) is 0 Å². The molecule has 0 atom stereocenters. The number of nitriles is 1. The number of sulfonamides is 1. The summed E-state index contributed by atoms with van der Waals surface area (Å²) in [5.74, 6) is -3.24. The molecule has 1 saturated heterocycles. The molecule has 128 valence electrons. The maximum Gasteiger partial charge on any atom is 0.229 e. The summed E-state index contributed by atoms with van der Waals surface area (Å²) < 4.78 is 52.0. The summed E-state index contributed by atoms with van der Waals surface area (Å²) in [5.41, 5.74) is -0.972. The molecular weight excluding hydrogens is 340 g/mol. The highest BCUT2D eigenvalue weighted by atomic mass is 32.2. The van der Waals surface area contributed by atoms with Gasteiger partial charge in [0.05, 0.1) is 17.5 Å². The van der Waals surface area contributed by atoms with E-state index in [1.54, 1.807) is 6.07 Å². The number of piperidine rings is 1. The van der Waals surface area contributed by atoms with E-state index in [9.17, 15) is 27.3 Å². The summed E-state index contributed by atoms with van der Waals surface area (Å²) in [5, 5.41) is 12.2. The zero-order valence-corrected chi connectivity index (χ0v) is 13.6. The van der Waals surface area contributed by atoms with E-state index in [2.05, 4.69) is 5.32 Å². The largest absolute Gasteiger partial charge is 0.387 e. The molecule has 1 aromatic rings. The van der Waals surface area contributed by atoms with Crippen LogP contribution in [0.5, 0.6) is 0 Å². The number of rotatable bonds is 4. The van der Waals surface area contributed by atoms with Crippen LogP contribution in [0.1, 0.15) is 29.6 Å². The van der Waals surface area contributed by atoms with Crippen molar-refractivity contribution >= 4 is 21.5 Å². The van der Waals surface area contributed by atoms with Crippen molar-refractivity contribution in [3.05, 3.63) is 40.6 Å². The van der Waals surface area contributed by atoms with Gasteiger partial charge in [0.1, 0.15) is 23.3 Å². The van der Waals surface area contributed by atoms with Crippen molar-refractivity contribution in [2.24, 2.45) is 0 Å². The van der Waals surface area contributed by atoms with Crippen LogP contribution >= 0.6 is 0 Å². The summed E-state index contributed by atoms with van der Waals surface area (Å²) in [6, 6.07) is 2.92. The minimum atomic E-state index is -3.81. The summed E-state index contributed by atoms with van der Waals surface area (Å²) in [6.07, 6.45) is 2.95. The number of hydrogen-bond donors (Lipinski definition) is 2. The van der Waals surface area contributed by atoms with E-state index in [0.29, 0.717) is 24.7 Å². The number of Topliss-reactive ketones (excluding diaryl/α,β-unsaturated/α-hetero) is 1. The van der Waals surface area contributed by atoms with Gasteiger partial charge < -0.3 is 5.32 Å². The highest BCUT2D eigenvalue weighted by Gasteiger charge is 2.24. The number of allylic oxidation sites excluding steroid dienone is 2. The molecule has 9 heteroatoms. The third kappa shape index (κ3) is 4.08. The van der Waals surface area contributed by atoms with Crippen LogP contribution in [0.3, 0.4) is 0 Å². The minimum Gasteiger partial charge on any atom is -0.387 e. The van der Waals surface area contributed by atoms with Crippen LogP contribution in [0.2, 0.25) is 0 Å². The molecule has 0 aromatic heterocycles. The van der Waals surface area contributed by atoms with Crippen molar-refractivity contribution in [3.8, 4) is 6.07 Å². The maximum absolute atomic E-state index is 14.0. The SMILES string of the molecule is CS(=O)(=O)Nc1cc(C(=O)/C(C#N)=C2/CCCCN2)c(F)cc1F. The molecule has 24 heavy (non-hydrogen) atoms. The zero-order valence-electron chi connectivity index (χ0n) is 12.8. The Morgan fingerprint density at radius 2 is 2.00 bits per heavy atom. The maximum atomic E-state index is 14.0. The summed E-state index contributed by atoms with van der Waals surface area (Å²) in [7, 11) is -3.81. The lowest BCUT2D eigenvalue weighted by Gasteiger charge is -2.18. The first-order valence-electron chi connectivity index (χ1n) is 7.11. The monoisotopic (exact) mass is 355 g/mol. The minimum absolute atomic E-state index is 0.259. The average Bonchev–Trinajstić information content (AvgIpc) is 2.50. The van der Waals surface area contributed by atoms with Crippen LogP contribution in [-0.2, 0) is 10.0 Å². The van der Waals surface area contributed by atoms with Crippen LogP contribution in [-0.4, -0.2) is 27.0 Å². The predicted octanol–water partition coefficient (Wildman–Crippen LogP) is 2.07. The lowest BCUT2D eigenvalue weighted by Crippen LogP contribution is -2.24. The van der Waals surface area contributed by atoms with Crippen LogP contribution in [0.25, 0.3) is 0 Å². The fourth-order valence-corrected chi connectivity index (χ4v) is 2.91. The van der Waals surface area contributed by atoms with Gasteiger partial charge in [0.25, 0.3) is 0 Å². The van der Waals surface area contributed by atoms with Crippen LogP contribution in [0, 0.1) is 23.0 Å². The fraction of sp³-hybridized carbons (Fsp3) is 0.333. The Kier molecular flexibility index (Phi) is 5.19. The lowest BCUT2D eigenvalue weighted by molar-refractivity contribution is 0.103. The third-order valence-electron chi connectivity index (χ3n) is 3.43. The van der Waals surface area contributed by atoms with E-state index < -0.39 is 38.7 Å². The molecule has 0 bridgehead atoms. The number of halogens is 2. The molecule has 6 nitrogen and oxygen atoms in total. The molecule has 0 amide bonds. The standard InChI is InChI=1S/C15H15F2N3O3S/c1-24(22,23)20-14-6-9(11(16)7-12(14)17)15(21)10(8-18)13-4-2-3-5-19-13/h6-7,19-20H,2-5H2,1H3/b13-10-. The lowest BCUT2D eigenvalue weighted by atomic mass is 9.97. The van der Waals surface area contributed by atoms with Gasteiger partial charge in [0.2, 0.25) is 15.8 Å². The first-order chi connectivity index (χ1) is 11.2. The van der Waals surface area contributed by atoms with Crippen molar-refractivity contribution in [1.82, 2.24) is 5.32 Å². The summed E-state index contributed by atoms with van der Waals surface area (Å²) in [6.45, 7) is 0.598. The average molecular weight is 355 g/mol. The van der Waals surface area contributed by atoms with E-state index in [1.165, 1.54) is 0 Å². The van der Waals surface area contributed by atoms with Gasteiger partial charge in [-0.2, -0.15) is 5.26 Å². The number of anilines is 1. The molecule has 0 radical (unpaired) electrons. The predicted molar refractivity (Wildman–Crippen MR) is 83.6 cm³/mol. The van der Waals surface area contributed by atoms with Crippen molar-refractivity contribution in [2.45, 2.75) is 19.3 Å². The zero-order chi connectivity index (χ0) is 17.9. The Morgan fingerprint density at radius 1 is 1.29 bits per heavy atom. The number of nitrogens with zero attached hydrogens (tertiary/aromatic N) is 1. The second-order valence-electron chi connectivity index (χ2n) is 5.36. The molecule has 0 saturated carbocycles. The fourth-order valence-electron chi connectivity index (χ4n) is 2.36. The number of carbonyl (C=O) groups excluding carboxylic acids is 1. The van der Waals surface area contributed by atoms with Gasteiger partial charge in [-0.25, -0.2) is 17.2 Å². The smallest absolute Gasteiger partial charge is 0.229 e. The molecule has 2 rings (SSSR count). The Hall–Kier alpha value is -2.47. The Morgan fingerprint density at radius 3 is 2.54 bits per heavy atom. The number of ketones is 1. The number of benzene rings is 1. The first-order valence-corrected chi connectivity index (χ1v) is 9.00.